The SMILES string of the molecule is CCCCCCCCCCCC(C)CNCCCNCCC. The first-order valence-electron chi connectivity index (χ1n) is 10.2. The van der Waals surface area contributed by atoms with Gasteiger partial charge in [0.05, 0.1) is 0 Å². The molecule has 2 N–H and O–H groups in total. The highest BCUT2D eigenvalue weighted by atomic mass is 14.9. The van der Waals surface area contributed by atoms with E-state index in [1.54, 1.807) is 0 Å². The molecule has 0 rings (SSSR count). The summed E-state index contributed by atoms with van der Waals surface area (Å²) < 4.78 is 0. The van der Waals surface area contributed by atoms with Gasteiger partial charge in [-0.2, -0.15) is 0 Å². The average Bonchev–Trinajstić information content (AvgIpc) is 2.52. The lowest BCUT2D eigenvalue weighted by atomic mass is 10.0. The molecule has 0 amide bonds. The zero-order valence-corrected chi connectivity index (χ0v) is 15.9. The second-order valence-corrected chi connectivity index (χ2v) is 7.03. The minimum Gasteiger partial charge on any atom is -0.317 e. The first-order valence-corrected chi connectivity index (χ1v) is 10.2. The van der Waals surface area contributed by atoms with Crippen LogP contribution in [0.2, 0.25) is 0 Å². The van der Waals surface area contributed by atoms with E-state index in [0.717, 1.165) is 19.0 Å². The van der Waals surface area contributed by atoms with Crippen LogP contribution in [0.15, 0.2) is 0 Å². The standard InChI is InChI=1S/C20H44N2/c1-4-6-7-8-9-10-11-12-13-15-20(3)19-22-18-14-17-21-16-5-2/h20-22H,4-19H2,1-3H3. The van der Waals surface area contributed by atoms with Gasteiger partial charge in [-0.15, -0.1) is 0 Å². The van der Waals surface area contributed by atoms with Crippen molar-refractivity contribution >= 4 is 0 Å². The molecule has 0 aliphatic carbocycles. The molecule has 134 valence electrons. The summed E-state index contributed by atoms with van der Waals surface area (Å²) in [6.07, 6.45) is 16.8. The molecular weight excluding hydrogens is 268 g/mol. The second-order valence-electron chi connectivity index (χ2n) is 7.03. The van der Waals surface area contributed by atoms with Crippen molar-refractivity contribution in [1.29, 1.82) is 0 Å². The van der Waals surface area contributed by atoms with Crippen molar-refractivity contribution in [2.75, 3.05) is 26.2 Å². The Bertz CT molecular complexity index is 194. The van der Waals surface area contributed by atoms with Crippen LogP contribution < -0.4 is 10.6 Å². The van der Waals surface area contributed by atoms with Gasteiger partial charge in [0, 0.05) is 0 Å². The Kier molecular flexibility index (Phi) is 18.9. The lowest BCUT2D eigenvalue weighted by Crippen LogP contribution is -2.25. The van der Waals surface area contributed by atoms with Gasteiger partial charge in [0.25, 0.3) is 0 Å². The molecule has 1 atom stereocenters. The van der Waals surface area contributed by atoms with Crippen molar-refractivity contribution in [2.24, 2.45) is 5.92 Å². The monoisotopic (exact) mass is 312 g/mol. The molecule has 0 bridgehead atoms. The summed E-state index contributed by atoms with van der Waals surface area (Å²) in [7, 11) is 0. The van der Waals surface area contributed by atoms with Gasteiger partial charge < -0.3 is 10.6 Å². The summed E-state index contributed by atoms with van der Waals surface area (Å²) in [5.74, 6) is 0.841. The molecule has 2 heteroatoms. The van der Waals surface area contributed by atoms with Crippen molar-refractivity contribution in [3.05, 3.63) is 0 Å². The molecule has 0 spiro atoms. The minimum absolute atomic E-state index is 0.841. The fraction of sp³-hybridized carbons (Fsp3) is 1.00. The quantitative estimate of drug-likeness (QED) is 0.325. The van der Waals surface area contributed by atoms with Crippen LogP contribution in [0, 0.1) is 5.92 Å². The van der Waals surface area contributed by atoms with Crippen LogP contribution in [0.5, 0.6) is 0 Å². The highest BCUT2D eigenvalue weighted by molar-refractivity contribution is 4.59. The number of hydrogen-bond acceptors (Lipinski definition) is 2. The van der Waals surface area contributed by atoms with Crippen LogP contribution in [-0.4, -0.2) is 26.2 Å². The molecule has 0 aliphatic heterocycles. The number of rotatable bonds is 18. The van der Waals surface area contributed by atoms with Crippen molar-refractivity contribution < 1.29 is 0 Å². The van der Waals surface area contributed by atoms with E-state index >= 15 is 0 Å². The molecule has 1 unspecified atom stereocenters. The van der Waals surface area contributed by atoms with Crippen LogP contribution in [0.25, 0.3) is 0 Å². The Balaban J connectivity index is 3.11. The maximum Gasteiger partial charge on any atom is -0.00231 e. The molecule has 0 aromatic rings. The highest BCUT2D eigenvalue weighted by Crippen LogP contribution is 2.13. The predicted octanol–water partition coefficient (Wildman–Crippen LogP) is 5.52. The maximum absolute atomic E-state index is 3.60. The summed E-state index contributed by atoms with van der Waals surface area (Å²) in [6.45, 7) is 11.6. The molecule has 0 radical (unpaired) electrons. The Morgan fingerprint density at radius 3 is 1.82 bits per heavy atom. The smallest absolute Gasteiger partial charge is 0.00231 e. The molecule has 0 heterocycles. The van der Waals surface area contributed by atoms with Crippen LogP contribution >= 0.6 is 0 Å². The van der Waals surface area contributed by atoms with E-state index in [0.29, 0.717) is 0 Å². The van der Waals surface area contributed by atoms with E-state index in [1.807, 2.05) is 0 Å². The van der Waals surface area contributed by atoms with Gasteiger partial charge in [0.15, 0.2) is 0 Å². The minimum atomic E-state index is 0.841. The van der Waals surface area contributed by atoms with Crippen LogP contribution in [-0.2, 0) is 0 Å². The van der Waals surface area contributed by atoms with Crippen LogP contribution in [0.3, 0.4) is 0 Å². The van der Waals surface area contributed by atoms with Gasteiger partial charge in [-0.1, -0.05) is 78.6 Å². The summed E-state index contributed by atoms with van der Waals surface area (Å²) in [5, 5.41) is 7.06. The first kappa shape index (κ1) is 21.9. The van der Waals surface area contributed by atoms with Crippen molar-refractivity contribution in [2.45, 2.75) is 97.8 Å². The fourth-order valence-electron chi connectivity index (χ4n) is 2.89. The molecule has 0 aromatic carbocycles. The maximum atomic E-state index is 3.60. The summed E-state index contributed by atoms with van der Waals surface area (Å²) in [6, 6.07) is 0. The van der Waals surface area contributed by atoms with Gasteiger partial charge in [-0.05, 0) is 51.4 Å². The Labute approximate surface area is 141 Å². The Hall–Kier alpha value is -0.0800. The normalized spacial score (nSPS) is 12.7. The zero-order valence-electron chi connectivity index (χ0n) is 15.9. The van der Waals surface area contributed by atoms with Gasteiger partial charge in [-0.3, -0.25) is 0 Å². The van der Waals surface area contributed by atoms with Gasteiger partial charge in [-0.25, -0.2) is 0 Å². The molecule has 0 fully saturated rings. The topological polar surface area (TPSA) is 24.1 Å². The van der Waals surface area contributed by atoms with Crippen molar-refractivity contribution in [3.63, 3.8) is 0 Å². The van der Waals surface area contributed by atoms with Gasteiger partial charge >= 0.3 is 0 Å². The summed E-state index contributed by atoms with van der Waals surface area (Å²) >= 11 is 0. The summed E-state index contributed by atoms with van der Waals surface area (Å²) in [4.78, 5) is 0. The number of unbranched alkanes of at least 4 members (excludes halogenated alkanes) is 8. The Morgan fingerprint density at radius 1 is 0.591 bits per heavy atom. The third-order valence-electron chi connectivity index (χ3n) is 4.43. The molecule has 0 saturated heterocycles. The van der Waals surface area contributed by atoms with E-state index in [1.165, 1.54) is 90.1 Å². The molecule has 0 aliphatic rings. The zero-order chi connectivity index (χ0) is 16.3. The highest BCUT2D eigenvalue weighted by Gasteiger charge is 2.01. The van der Waals surface area contributed by atoms with Crippen LogP contribution in [0.4, 0.5) is 0 Å². The molecule has 0 saturated carbocycles. The van der Waals surface area contributed by atoms with Gasteiger partial charge in [0.2, 0.25) is 0 Å². The van der Waals surface area contributed by atoms with Gasteiger partial charge in [0.1, 0.15) is 0 Å². The first-order chi connectivity index (χ1) is 10.8. The lowest BCUT2D eigenvalue weighted by Gasteiger charge is -2.12. The van der Waals surface area contributed by atoms with Crippen LogP contribution in [0.1, 0.15) is 97.8 Å². The third kappa shape index (κ3) is 18.0. The second kappa shape index (κ2) is 19.0. The molecular formula is C20H44N2. The van der Waals surface area contributed by atoms with E-state index in [2.05, 4.69) is 31.4 Å². The van der Waals surface area contributed by atoms with E-state index < -0.39 is 0 Å². The fourth-order valence-corrected chi connectivity index (χ4v) is 2.89. The lowest BCUT2D eigenvalue weighted by molar-refractivity contribution is 0.446. The molecule has 22 heavy (non-hydrogen) atoms. The Morgan fingerprint density at radius 2 is 1.18 bits per heavy atom. The predicted molar refractivity (Wildman–Crippen MR) is 102 cm³/mol. The average molecular weight is 313 g/mol. The van der Waals surface area contributed by atoms with E-state index in [9.17, 15) is 0 Å². The number of nitrogens with one attached hydrogen (secondary N) is 2. The largest absolute Gasteiger partial charge is 0.317 e. The van der Waals surface area contributed by atoms with E-state index in [4.69, 9.17) is 0 Å². The van der Waals surface area contributed by atoms with E-state index in [-0.39, 0.29) is 0 Å². The van der Waals surface area contributed by atoms with Crippen molar-refractivity contribution in [1.82, 2.24) is 10.6 Å². The molecule has 0 aromatic heterocycles. The molecule has 2 nitrogen and oxygen atoms in total. The summed E-state index contributed by atoms with van der Waals surface area (Å²) in [5.41, 5.74) is 0. The van der Waals surface area contributed by atoms with Crippen molar-refractivity contribution in [3.8, 4) is 0 Å². The third-order valence-corrected chi connectivity index (χ3v) is 4.43. The number of hydrogen-bond donors (Lipinski definition) is 2.